The highest BCUT2D eigenvalue weighted by Gasteiger charge is 2.31. The molecule has 2 aliphatic rings. The number of likely N-dealkylation sites (tertiary alicyclic amines) is 1. The first-order valence-electron chi connectivity index (χ1n) is 9.78. The Hall–Kier alpha value is -2.09. The Morgan fingerprint density at radius 1 is 1.21 bits per heavy atom. The van der Waals surface area contributed by atoms with Crippen LogP contribution in [0.5, 0.6) is 0 Å². The predicted octanol–water partition coefficient (Wildman–Crippen LogP) is 2.35. The molecule has 2 heterocycles. The molecule has 0 aliphatic carbocycles. The van der Waals surface area contributed by atoms with Crippen molar-refractivity contribution in [1.29, 1.82) is 0 Å². The molecule has 3 rings (SSSR count). The van der Waals surface area contributed by atoms with Crippen LogP contribution in [0.4, 0.5) is 13.2 Å². The number of halogens is 3. The molecule has 0 saturated carbocycles. The first-order valence-corrected chi connectivity index (χ1v) is 9.78. The molecule has 154 valence electrons. The number of nitrogens with one attached hydrogen (secondary N) is 2. The van der Waals surface area contributed by atoms with Crippen molar-refractivity contribution in [2.24, 2.45) is 5.92 Å². The third-order valence-electron chi connectivity index (χ3n) is 5.42. The van der Waals surface area contributed by atoms with Crippen LogP contribution in [0.15, 0.2) is 24.3 Å². The summed E-state index contributed by atoms with van der Waals surface area (Å²) in [6.45, 7) is 2.51. The van der Waals surface area contributed by atoms with Crippen molar-refractivity contribution in [3.63, 3.8) is 0 Å². The second-order valence-corrected chi connectivity index (χ2v) is 7.62. The second kappa shape index (κ2) is 8.94. The van der Waals surface area contributed by atoms with Crippen molar-refractivity contribution in [1.82, 2.24) is 15.5 Å². The number of piperidine rings is 1. The number of carbonyl (C=O) groups is 2. The second-order valence-electron chi connectivity index (χ2n) is 7.62. The van der Waals surface area contributed by atoms with E-state index in [4.69, 9.17) is 0 Å². The van der Waals surface area contributed by atoms with Crippen LogP contribution in [-0.2, 0) is 22.2 Å². The Bertz CT molecular complexity index is 702. The Morgan fingerprint density at radius 2 is 2.04 bits per heavy atom. The van der Waals surface area contributed by atoms with Gasteiger partial charge in [0.25, 0.3) is 0 Å². The number of benzene rings is 1. The molecule has 2 aliphatic heterocycles. The molecule has 2 saturated heterocycles. The molecular formula is C20H26F3N3O2. The van der Waals surface area contributed by atoms with Gasteiger partial charge in [0.2, 0.25) is 11.8 Å². The molecule has 0 radical (unpaired) electrons. The van der Waals surface area contributed by atoms with E-state index in [0.29, 0.717) is 25.2 Å². The van der Waals surface area contributed by atoms with E-state index in [1.54, 1.807) is 11.0 Å². The molecule has 2 fully saturated rings. The van der Waals surface area contributed by atoms with Gasteiger partial charge in [0.1, 0.15) is 0 Å². The first-order chi connectivity index (χ1) is 13.3. The van der Waals surface area contributed by atoms with Crippen molar-refractivity contribution >= 4 is 11.8 Å². The zero-order valence-electron chi connectivity index (χ0n) is 15.7. The first kappa shape index (κ1) is 20.6. The van der Waals surface area contributed by atoms with E-state index in [2.05, 4.69) is 10.6 Å². The molecule has 2 unspecified atom stereocenters. The smallest absolute Gasteiger partial charge is 0.354 e. The summed E-state index contributed by atoms with van der Waals surface area (Å²) in [7, 11) is 0. The number of hydrogen-bond acceptors (Lipinski definition) is 3. The fourth-order valence-electron chi connectivity index (χ4n) is 3.88. The summed E-state index contributed by atoms with van der Waals surface area (Å²) in [4.78, 5) is 26.4. The highest BCUT2D eigenvalue weighted by atomic mass is 19.4. The van der Waals surface area contributed by atoms with Gasteiger partial charge < -0.3 is 15.5 Å². The van der Waals surface area contributed by atoms with Gasteiger partial charge in [-0.2, -0.15) is 13.2 Å². The van der Waals surface area contributed by atoms with Crippen molar-refractivity contribution in [2.45, 2.75) is 44.3 Å². The molecule has 8 heteroatoms. The van der Waals surface area contributed by atoms with E-state index in [9.17, 15) is 22.8 Å². The highest BCUT2D eigenvalue weighted by molar-refractivity contribution is 5.82. The lowest BCUT2D eigenvalue weighted by atomic mass is 9.97. The van der Waals surface area contributed by atoms with Crippen LogP contribution in [-0.4, -0.2) is 48.9 Å². The number of alkyl halides is 3. The molecular weight excluding hydrogens is 371 g/mol. The third kappa shape index (κ3) is 5.47. The molecule has 5 nitrogen and oxygen atoms in total. The van der Waals surface area contributed by atoms with Gasteiger partial charge in [-0.3, -0.25) is 9.59 Å². The summed E-state index contributed by atoms with van der Waals surface area (Å²) in [5, 5.41) is 6.12. The van der Waals surface area contributed by atoms with Gasteiger partial charge in [0.05, 0.1) is 18.0 Å². The van der Waals surface area contributed by atoms with E-state index in [1.165, 1.54) is 6.07 Å². The summed E-state index contributed by atoms with van der Waals surface area (Å²) in [5.41, 5.74) is -0.375. The Kier molecular flexibility index (Phi) is 6.59. The quantitative estimate of drug-likeness (QED) is 0.802. The highest BCUT2D eigenvalue weighted by Crippen LogP contribution is 2.29. The van der Waals surface area contributed by atoms with Crippen LogP contribution in [0.2, 0.25) is 0 Å². The van der Waals surface area contributed by atoms with Crippen LogP contribution < -0.4 is 10.6 Å². The van der Waals surface area contributed by atoms with Crippen molar-refractivity contribution in [3.8, 4) is 0 Å². The zero-order valence-corrected chi connectivity index (χ0v) is 15.7. The average molecular weight is 397 g/mol. The maximum atomic E-state index is 12.8. The largest absolute Gasteiger partial charge is 0.416 e. The van der Waals surface area contributed by atoms with Crippen LogP contribution in [0.1, 0.15) is 36.8 Å². The number of hydrogen-bond donors (Lipinski definition) is 2. The van der Waals surface area contributed by atoms with Gasteiger partial charge in [-0.05, 0) is 49.8 Å². The van der Waals surface area contributed by atoms with Crippen LogP contribution in [0.3, 0.4) is 0 Å². The summed E-state index contributed by atoms with van der Waals surface area (Å²) in [6, 6.07) is 4.80. The van der Waals surface area contributed by atoms with E-state index in [0.717, 1.165) is 44.4 Å². The number of rotatable bonds is 5. The minimum absolute atomic E-state index is 0.00455. The minimum Gasteiger partial charge on any atom is -0.354 e. The Morgan fingerprint density at radius 3 is 2.75 bits per heavy atom. The molecule has 28 heavy (non-hydrogen) atoms. The summed E-state index contributed by atoms with van der Waals surface area (Å²) >= 11 is 0. The van der Waals surface area contributed by atoms with Gasteiger partial charge in [0, 0.05) is 19.6 Å². The van der Waals surface area contributed by atoms with Gasteiger partial charge in [-0.25, -0.2) is 0 Å². The molecule has 2 amide bonds. The van der Waals surface area contributed by atoms with E-state index < -0.39 is 11.7 Å². The molecule has 2 N–H and O–H groups in total. The summed E-state index contributed by atoms with van der Waals surface area (Å²) in [5.74, 6) is 0.00212. The summed E-state index contributed by atoms with van der Waals surface area (Å²) in [6.07, 6.45) is -0.865. The monoisotopic (exact) mass is 397 g/mol. The molecule has 0 bridgehead atoms. The van der Waals surface area contributed by atoms with Crippen molar-refractivity contribution in [2.75, 3.05) is 26.2 Å². The van der Waals surface area contributed by atoms with Gasteiger partial charge in [-0.1, -0.05) is 18.2 Å². The topological polar surface area (TPSA) is 61.4 Å². The maximum absolute atomic E-state index is 12.8. The van der Waals surface area contributed by atoms with E-state index in [1.807, 2.05) is 0 Å². The molecule has 1 aromatic carbocycles. The van der Waals surface area contributed by atoms with Gasteiger partial charge in [-0.15, -0.1) is 0 Å². The fourth-order valence-corrected chi connectivity index (χ4v) is 3.88. The maximum Gasteiger partial charge on any atom is 0.416 e. The lowest BCUT2D eigenvalue weighted by Gasteiger charge is -2.33. The number of nitrogens with zero attached hydrogens (tertiary/aromatic N) is 1. The van der Waals surface area contributed by atoms with Crippen LogP contribution in [0, 0.1) is 5.92 Å². The van der Waals surface area contributed by atoms with Gasteiger partial charge >= 0.3 is 6.18 Å². The number of amides is 2. The minimum atomic E-state index is -4.42. The van der Waals surface area contributed by atoms with Crippen LogP contribution in [0.25, 0.3) is 0 Å². The Labute approximate surface area is 162 Å². The van der Waals surface area contributed by atoms with E-state index >= 15 is 0 Å². The third-order valence-corrected chi connectivity index (χ3v) is 5.42. The molecule has 0 spiro atoms. The van der Waals surface area contributed by atoms with E-state index in [-0.39, 0.29) is 30.2 Å². The summed E-state index contributed by atoms with van der Waals surface area (Å²) < 4.78 is 38.5. The fraction of sp³-hybridized carbons (Fsp3) is 0.600. The molecule has 2 atom stereocenters. The van der Waals surface area contributed by atoms with Crippen molar-refractivity contribution < 1.29 is 22.8 Å². The lowest BCUT2D eigenvalue weighted by molar-refractivity contribution is -0.138. The zero-order chi connectivity index (χ0) is 20.1. The lowest BCUT2D eigenvalue weighted by Crippen LogP contribution is -2.47. The molecule has 0 aromatic heterocycles. The van der Waals surface area contributed by atoms with Crippen LogP contribution >= 0.6 is 0 Å². The Balaban J connectivity index is 1.51. The SMILES string of the molecule is O=C(NCC1CCCN(C(=O)Cc2cccc(C(F)(F)F)c2)C1)C1CCCN1. The number of carbonyl (C=O) groups excluding carboxylic acids is 2. The van der Waals surface area contributed by atoms with Crippen molar-refractivity contribution in [3.05, 3.63) is 35.4 Å². The molecule has 1 aromatic rings. The average Bonchev–Trinajstić information content (AvgIpc) is 3.21. The normalized spacial score (nSPS) is 22.9. The van der Waals surface area contributed by atoms with Gasteiger partial charge in [0.15, 0.2) is 0 Å². The standard InChI is InChI=1S/C20H26F3N3O2/c21-20(22,23)16-6-1-4-14(10-16)11-18(27)26-9-3-5-15(13-26)12-25-19(28)17-7-2-8-24-17/h1,4,6,10,15,17,24H,2-3,5,7-9,11-13H2,(H,25,28). The predicted molar refractivity (Wildman–Crippen MR) is 98.5 cm³/mol.